The van der Waals surface area contributed by atoms with Crippen molar-refractivity contribution < 1.29 is 4.74 Å². The van der Waals surface area contributed by atoms with E-state index in [-0.39, 0.29) is 5.60 Å². The Morgan fingerprint density at radius 2 is 1.95 bits per heavy atom. The van der Waals surface area contributed by atoms with Crippen molar-refractivity contribution in [2.45, 2.75) is 83.8 Å². The molecule has 1 heterocycles. The van der Waals surface area contributed by atoms with Gasteiger partial charge in [-0.3, -0.25) is 0 Å². The number of nitrogens with one attached hydrogen (secondary N) is 1. The molecule has 1 aromatic carbocycles. The van der Waals surface area contributed by atoms with Crippen molar-refractivity contribution in [2.75, 3.05) is 6.54 Å². The van der Waals surface area contributed by atoms with E-state index < -0.39 is 0 Å². The molecule has 1 fully saturated rings. The number of rotatable bonds is 5. The maximum Gasteiger partial charge on any atom is 0.128 e. The molecule has 1 unspecified atom stereocenters. The van der Waals surface area contributed by atoms with Gasteiger partial charge < -0.3 is 10.1 Å². The van der Waals surface area contributed by atoms with Crippen molar-refractivity contribution in [3.8, 4) is 5.75 Å². The summed E-state index contributed by atoms with van der Waals surface area (Å²) in [5, 5.41) is 3.83. The molecule has 0 aromatic heterocycles. The molecule has 1 spiro atoms. The molecule has 122 valence electrons. The van der Waals surface area contributed by atoms with Gasteiger partial charge in [0.2, 0.25) is 0 Å². The first kappa shape index (κ1) is 15.9. The molecule has 0 radical (unpaired) electrons. The third-order valence-corrected chi connectivity index (χ3v) is 5.66. The van der Waals surface area contributed by atoms with E-state index in [9.17, 15) is 0 Å². The Hall–Kier alpha value is -1.02. The fourth-order valence-corrected chi connectivity index (χ4v) is 4.12. The zero-order chi connectivity index (χ0) is 15.6. The van der Waals surface area contributed by atoms with Gasteiger partial charge in [0.15, 0.2) is 0 Å². The molecule has 3 rings (SSSR count). The lowest BCUT2D eigenvalue weighted by Gasteiger charge is -2.41. The van der Waals surface area contributed by atoms with Gasteiger partial charge >= 0.3 is 0 Å². The fraction of sp³-hybridized carbons (Fsp3) is 0.700. The second-order valence-corrected chi connectivity index (χ2v) is 7.34. The Kier molecular flexibility index (Phi) is 4.77. The van der Waals surface area contributed by atoms with Gasteiger partial charge in [0.25, 0.3) is 0 Å². The van der Waals surface area contributed by atoms with Gasteiger partial charge in [0.1, 0.15) is 11.4 Å². The molecule has 1 saturated carbocycles. The van der Waals surface area contributed by atoms with Gasteiger partial charge in [0.05, 0.1) is 0 Å². The first-order valence-corrected chi connectivity index (χ1v) is 9.18. The lowest BCUT2D eigenvalue weighted by atomic mass is 9.84. The average Bonchev–Trinajstić information content (AvgIpc) is 2.96. The maximum atomic E-state index is 6.61. The van der Waals surface area contributed by atoms with Crippen molar-refractivity contribution >= 4 is 0 Å². The Balaban J connectivity index is 1.84. The molecular formula is C20H31NO. The van der Waals surface area contributed by atoms with Crippen molar-refractivity contribution in [3.63, 3.8) is 0 Å². The van der Waals surface area contributed by atoms with Crippen molar-refractivity contribution in [1.29, 1.82) is 0 Å². The Labute approximate surface area is 135 Å². The molecule has 1 atom stereocenters. The standard InChI is InChI=1S/C20H31NO/c1-4-5-8-13-21-18-14-20(11-6-7-12-20)22-19-16(3)15(2)9-10-17(18)19/h9-10,18,21H,4-8,11-14H2,1-3H3. The third-order valence-electron chi connectivity index (χ3n) is 5.66. The Bertz CT molecular complexity index is 517. The van der Waals surface area contributed by atoms with Crippen LogP contribution in [0.1, 0.15) is 81.0 Å². The topological polar surface area (TPSA) is 21.3 Å². The molecule has 2 aliphatic rings. The van der Waals surface area contributed by atoms with E-state index >= 15 is 0 Å². The van der Waals surface area contributed by atoms with Crippen LogP contribution in [0.5, 0.6) is 5.75 Å². The second kappa shape index (κ2) is 6.62. The van der Waals surface area contributed by atoms with Crippen molar-refractivity contribution in [2.24, 2.45) is 0 Å². The summed E-state index contributed by atoms with van der Waals surface area (Å²) in [4.78, 5) is 0. The minimum Gasteiger partial charge on any atom is -0.487 e. The average molecular weight is 301 g/mol. The highest BCUT2D eigenvalue weighted by molar-refractivity contribution is 5.48. The van der Waals surface area contributed by atoms with Crippen LogP contribution in [0.15, 0.2) is 12.1 Å². The predicted octanol–water partition coefficient (Wildman–Crippen LogP) is 5.22. The van der Waals surface area contributed by atoms with E-state index in [2.05, 4.69) is 38.2 Å². The molecule has 2 nitrogen and oxygen atoms in total. The zero-order valence-electron chi connectivity index (χ0n) is 14.5. The number of aryl methyl sites for hydroxylation is 1. The number of fused-ring (bicyclic) bond motifs is 1. The minimum atomic E-state index is 0.105. The molecule has 1 aromatic rings. The highest BCUT2D eigenvalue weighted by atomic mass is 16.5. The summed E-state index contributed by atoms with van der Waals surface area (Å²) in [6, 6.07) is 5.01. The summed E-state index contributed by atoms with van der Waals surface area (Å²) in [5.41, 5.74) is 4.17. The number of ether oxygens (including phenoxy) is 1. The summed E-state index contributed by atoms with van der Waals surface area (Å²) in [6.07, 6.45) is 10.1. The molecule has 0 saturated heterocycles. The molecule has 0 amide bonds. The summed E-state index contributed by atoms with van der Waals surface area (Å²) < 4.78 is 6.61. The Morgan fingerprint density at radius 3 is 2.68 bits per heavy atom. The molecule has 1 N–H and O–H groups in total. The van der Waals surface area contributed by atoms with E-state index in [1.807, 2.05) is 0 Å². The molecule has 1 aliphatic carbocycles. The monoisotopic (exact) mass is 301 g/mol. The fourth-order valence-electron chi connectivity index (χ4n) is 4.12. The number of hydrogen-bond acceptors (Lipinski definition) is 2. The number of unbranched alkanes of at least 4 members (excludes halogenated alkanes) is 2. The first-order valence-electron chi connectivity index (χ1n) is 9.18. The van der Waals surface area contributed by atoms with Gasteiger partial charge in [-0.1, -0.05) is 31.9 Å². The highest BCUT2D eigenvalue weighted by Gasteiger charge is 2.43. The van der Waals surface area contributed by atoms with Crippen LogP contribution in [0.3, 0.4) is 0 Å². The van der Waals surface area contributed by atoms with Crippen LogP contribution in [-0.2, 0) is 0 Å². The van der Waals surface area contributed by atoms with Gasteiger partial charge in [-0.05, 0) is 63.6 Å². The molecule has 22 heavy (non-hydrogen) atoms. The smallest absolute Gasteiger partial charge is 0.128 e. The molecule has 0 bridgehead atoms. The van der Waals surface area contributed by atoms with E-state index in [0.717, 1.165) is 13.0 Å². The van der Waals surface area contributed by atoms with E-state index in [4.69, 9.17) is 4.74 Å². The van der Waals surface area contributed by atoms with Crippen LogP contribution < -0.4 is 10.1 Å². The van der Waals surface area contributed by atoms with Crippen LogP contribution in [0.25, 0.3) is 0 Å². The van der Waals surface area contributed by atoms with Gasteiger partial charge in [-0.25, -0.2) is 0 Å². The highest BCUT2D eigenvalue weighted by Crippen LogP contribution is 2.48. The summed E-state index contributed by atoms with van der Waals surface area (Å²) in [7, 11) is 0. The minimum absolute atomic E-state index is 0.105. The maximum absolute atomic E-state index is 6.61. The first-order chi connectivity index (χ1) is 10.7. The molecule has 2 heteroatoms. The molecule has 1 aliphatic heterocycles. The van der Waals surface area contributed by atoms with Gasteiger partial charge in [-0.15, -0.1) is 0 Å². The van der Waals surface area contributed by atoms with Gasteiger partial charge in [0, 0.05) is 18.0 Å². The quantitative estimate of drug-likeness (QED) is 0.753. The SMILES string of the molecule is CCCCCNC1CC2(CCCC2)Oc2c1ccc(C)c2C. The third kappa shape index (κ3) is 3.03. The van der Waals surface area contributed by atoms with E-state index in [1.165, 1.54) is 67.4 Å². The lowest BCUT2D eigenvalue weighted by molar-refractivity contribution is 0.0359. The van der Waals surface area contributed by atoms with Crippen LogP contribution in [0, 0.1) is 13.8 Å². The molecular weight excluding hydrogens is 270 g/mol. The number of hydrogen-bond donors (Lipinski definition) is 1. The lowest BCUT2D eigenvalue weighted by Crippen LogP contribution is -2.42. The largest absolute Gasteiger partial charge is 0.487 e. The van der Waals surface area contributed by atoms with Crippen molar-refractivity contribution in [3.05, 3.63) is 28.8 Å². The van der Waals surface area contributed by atoms with Crippen LogP contribution >= 0.6 is 0 Å². The summed E-state index contributed by atoms with van der Waals surface area (Å²) in [5.74, 6) is 1.18. The normalized spacial score (nSPS) is 22.6. The second-order valence-electron chi connectivity index (χ2n) is 7.34. The zero-order valence-corrected chi connectivity index (χ0v) is 14.5. The van der Waals surface area contributed by atoms with Crippen LogP contribution in [0.4, 0.5) is 0 Å². The van der Waals surface area contributed by atoms with E-state index in [1.54, 1.807) is 0 Å². The van der Waals surface area contributed by atoms with E-state index in [0.29, 0.717) is 6.04 Å². The Morgan fingerprint density at radius 1 is 1.18 bits per heavy atom. The predicted molar refractivity (Wildman–Crippen MR) is 92.6 cm³/mol. The van der Waals surface area contributed by atoms with Crippen LogP contribution in [0.2, 0.25) is 0 Å². The van der Waals surface area contributed by atoms with Gasteiger partial charge in [-0.2, -0.15) is 0 Å². The summed E-state index contributed by atoms with van der Waals surface area (Å²) >= 11 is 0. The number of benzene rings is 1. The summed E-state index contributed by atoms with van der Waals surface area (Å²) in [6.45, 7) is 7.80. The van der Waals surface area contributed by atoms with Crippen LogP contribution in [-0.4, -0.2) is 12.1 Å². The van der Waals surface area contributed by atoms with Crippen molar-refractivity contribution in [1.82, 2.24) is 5.32 Å².